The van der Waals surface area contributed by atoms with Gasteiger partial charge in [-0.15, -0.1) is 0 Å². The predicted molar refractivity (Wildman–Crippen MR) is 110 cm³/mol. The van der Waals surface area contributed by atoms with Gasteiger partial charge in [-0.1, -0.05) is 42.5 Å². The molecule has 2 N–H and O–H groups in total. The molecule has 28 heavy (non-hydrogen) atoms. The molecule has 4 rings (SSSR count). The average Bonchev–Trinajstić information content (AvgIpc) is 3.51. The number of benzene rings is 3. The molecule has 1 fully saturated rings. The molecule has 1 aliphatic carbocycles. The van der Waals surface area contributed by atoms with Gasteiger partial charge in [-0.05, 0) is 60.4 Å². The minimum atomic E-state index is -3.51. The Kier molecular flexibility index (Phi) is 4.91. The van der Waals surface area contributed by atoms with Gasteiger partial charge in [0.2, 0.25) is 10.0 Å². The van der Waals surface area contributed by atoms with Crippen LogP contribution in [0.5, 0.6) is 0 Å². The lowest BCUT2D eigenvalue weighted by Gasteiger charge is -2.17. The molecule has 1 saturated carbocycles. The van der Waals surface area contributed by atoms with Gasteiger partial charge in [-0.25, -0.2) is 13.1 Å². The standard InChI is InChI=1S/C22H22N2O3S/c1-15(20-8-4-6-16-5-2-3-7-21(16)20)23-22(25)17-9-13-19(14-10-17)28(26,27)24-18-11-12-18/h2-10,13-15,18,24H,11-12H2,1H3,(H,23,25)/t15-/m0/s1. The Bertz CT molecular complexity index is 1110. The average molecular weight is 394 g/mol. The summed E-state index contributed by atoms with van der Waals surface area (Å²) in [7, 11) is -3.51. The summed E-state index contributed by atoms with van der Waals surface area (Å²) in [6, 6.07) is 20.0. The second-order valence-electron chi connectivity index (χ2n) is 7.18. The van der Waals surface area contributed by atoms with Crippen molar-refractivity contribution in [3.63, 3.8) is 0 Å². The quantitative estimate of drug-likeness (QED) is 0.668. The maximum atomic E-state index is 12.6. The van der Waals surface area contributed by atoms with Crippen molar-refractivity contribution >= 4 is 26.7 Å². The fourth-order valence-electron chi connectivity index (χ4n) is 3.26. The largest absolute Gasteiger partial charge is 0.345 e. The Balaban J connectivity index is 1.50. The van der Waals surface area contributed by atoms with Crippen LogP contribution in [0.1, 0.15) is 41.7 Å². The Morgan fingerprint density at radius 3 is 2.36 bits per heavy atom. The topological polar surface area (TPSA) is 75.3 Å². The van der Waals surface area contributed by atoms with Crippen LogP contribution in [0.25, 0.3) is 10.8 Å². The zero-order valence-corrected chi connectivity index (χ0v) is 16.4. The third kappa shape index (κ3) is 3.93. The van der Waals surface area contributed by atoms with Crippen LogP contribution in [0.2, 0.25) is 0 Å². The van der Waals surface area contributed by atoms with E-state index in [1.165, 1.54) is 12.1 Å². The van der Waals surface area contributed by atoms with Crippen LogP contribution in [0.3, 0.4) is 0 Å². The number of rotatable bonds is 6. The number of carbonyl (C=O) groups excluding carboxylic acids is 1. The predicted octanol–water partition coefficient (Wildman–Crippen LogP) is 3.77. The van der Waals surface area contributed by atoms with E-state index in [9.17, 15) is 13.2 Å². The van der Waals surface area contributed by atoms with Gasteiger partial charge in [-0.3, -0.25) is 4.79 Å². The molecule has 1 atom stereocenters. The van der Waals surface area contributed by atoms with Crippen LogP contribution in [0, 0.1) is 0 Å². The van der Waals surface area contributed by atoms with E-state index in [2.05, 4.69) is 10.0 Å². The van der Waals surface area contributed by atoms with Crippen molar-refractivity contribution in [1.29, 1.82) is 0 Å². The molecule has 144 valence electrons. The summed E-state index contributed by atoms with van der Waals surface area (Å²) in [5, 5.41) is 5.23. The number of amides is 1. The summed E-state index contributed by atoms with van der Waals surface area (Å²) < 4.78 is 27.1. The molecule has 3 aromatic rings. The van der Waals surface area contributed by atoms with Gasteiger partial charge in [0.15, 0.2) is 0 Å². The van der Waals surface area contributed by atoms with Crippen LogP contribution in [0.15, 0.2) is 71.6 Å². The van der Waals surface area contributed by atoms with Crippen molar-refractivity contribution in [2.45, 2.75) is 36.7 Å². The van der Waals surface area contributed by atoms with Crippen LogP contribution in [-0.4, -0.2) is 20.4 Å². The van der Waals surface area contributed by atoms with Crippen molar-refractivity contribution in [2.24, 2.45) is 0 Å². The van der Waals surface area contributed by atoms with Crippen LogP contribution >= 0.6 is 0 Å². The number of sulfonamides is 1. The lowest BCUT2D eigenvalue weighted by Crippen LogP contribution is -2.27. The third-order valence-electron chi connectivity index (χ3n) is 4.96. The normalized spacial score (nSPS) is 15.3. The van der Waals surface area contributed by atoms with Crippen molar-refractivity contribution in [2.75, 3.05) is 0 Å². The molecule has 1 aliphatic rings. The Hall–Kier alpha value is -2.70. The summed E-state index contributed by atoms with van der Waals surface area (Å²) in [6.07, 6.45) is 1.76. The molecule has 1 amide bonds. The molecule has 0 spiro atoms. The number of hydrogen-bond acceptors (Lipinski definition) is 3. The summed E-state index contributed by atoms with van der Waals surface area (Å²) >= 11 is 0. The van der Waals surface area contributed by atoms with Gasteiger partial charge < -0.3 is 5.32 Å². The van der Waals surface area contributed by atoms with E-state index in [-0.39, 0.29) is 22.9 Å². The summed E-state index contributed by atoms with van der Waals surface area (Å²) in [5.41, 5.74) is 1.47. The highest BCUT2D eigenvalue weighted by molar-refractivity contribution is 7.89. The number of carbonyl (C=O) groups is 1. The lowest BCUT2D eigenvalue weighted by molar-refractivity contribution is 0.0940. The van der Waals surface area contributed by atoms with Crippen LogP contribution in [-0.2, 0) is 10.0 Å². The van der Waals surface area contributed by atoms with Crippen molar-refractivity contribution in [3.8, 4) is 0 Å². The molecule has 0 aromatic heterocycles. The maximum Gasteiger partial charge on any atom is 0.251 e. The van der Waals surface area contributed by atoms with Crippen LogP contribution < -0.4 is 10.0 Å². The first-order valence-corrected chi connectivity index (χ1v) is 10.8. The van der Waals surface area contributed by atoms with Gasteiger partial charge in [0.25, 0.3) is 5.91 Å². The van der Waals surface area contributed by atoms with Crippen molar-refractivity contribution < 1.29 is 13.2 Å². The molecular formula is C22H22N2O3S. The van der Waals surface area contributed by atoms with E-state index in [4.69, 9.17) is 0 Å². The first kappa shape index (κ1) is 18.7. The number of nitrogens with one attached hydrogen (secondary N) is 2. The number of hydrogen-bond donors (Lipinski definition) is 2. The fraction of sp³-hybridized carbons (Fsp3) is 0.227. The van der Waals surface area contributed by atoms with E-state index < -0.39 is 10.0 Å². The summed E-state index contributed by atoms with van der Waals surface area (Å²) in [6.45, 7) is 1.94. The van der Waals surface area contributed by atoms with Crippen molar-refractivity contribution in [3.05, 3.63) is 77.9 Å². The summed E-state index contributed by atoms with van der Waals surface area (Å²) in [5.74, 6) is -0.237. The van der Waals surface area contributed by atoms with E-state index in [1.807, 2.05) is 49.4 Å². The van der Waals surface area contributed by atoms with Gasteiger partial charge >= 0.3 is 0 Å². The Labute approximate surface area is 164 Å². The molecule has 3 aromatic carbocycles. The van der Waals surface area contributed by atoms with Crippen LogP contribution in [0.4, 0.5) is 0 Å². The molecule has 6 heteroatoms. The summed E-state index contributed by atoms with van der Waals surface area (Å²) in [4.78, 5) is 12.8. The second kappa shape index (κ2) is 7.37. The minimum absolute atomic E-state index is 0.0505. The van der Waals surface area contributed by atoms with Crippen molar-refractivity contribution in [1.82, 2.24) is 10.0 Å². The third-order valence-corrected chi connectivity index (χ3v) is 6.50. The van der Waals surface area contributed by atoms with E-state index in [1.54, 1.807) is 12.1 Å². The fourth-order valence-corrected chi connectivity index (χ4v) is 4.56. The smallest absolute Gasteiger partial charge is 0.251 e. The SMILES string of the molecule is C[C@H](NC(=O)c1ccc(S(=O)(=O)NC2CC2)cc1)c1cccc2ccccc12. The highest BCUT2D eigenvalue weighted by Crippen LogP contribution is 2.25. The van der Waals surface area contributed by atoms with Gasteiger partial charge in [-0.2, -0.15) is 0 Å². The monoisotopic (exact) mass is 394 g/mol. The van der Waals surface area contributed by atoms with Gasteiger partial charge in [0, 0.05) is 11.6 Å². The van der Waals surface area contributed by atoms with E-state index >= 15 is 0 Å². The number of fused-ring (bicyclic) bond motifs is 1. The molecule has 0 heterocycles. The zero-order chi connectivity index (χ0) is 19.7. The van der Waals surface area contributed by atoms with E-state index in [0.717, 1.165) is 29.2 Å². The Morgan fingerprint density at radius 1 is 0.964 bits per heavy atom. The molecule has 5 nitrogen and oxygen atoms in total. The molecule has 0 bridgehead atoms. The first-order valence-electron chi connectivity index (χ1n) is 9.35. The maximum absolute atomic E-state index is 12.6. The Morgan fingerprint density at radius 2 is 1.64 bits per heavy atom. The van der Waals surface area contributed by atoms with E-state index in [0.29, 0.717) is 5.56 Å². The van der Waals surface area contributed by atoms with Gasteiger partial charge in [0.05, 0.1) is 10.9 Å². The molecule has 0 radical (unpaired) electrons. The highest BCUT2D eigenvalue weighted by atomic mass is 32.2. The zero-order valence-electron chi connectivity index (χ0n) is 15.6. The molecular weight excluding hydrogens is 372 g/mol. The molecule has 0 saturated heterocycles. The van der Waals surface area contributed by atoms with Gasteiger partial charge in [0.1, 0.15) is 0 Å². The minimum Gasteiger partial charge on any atom is -0.345 e. The molecule has 0 unspecified atom stereocenters. The second-order valence-corrected chi connectivity index (χ2v) is 8.90. The molecule has 0 aliphatic heterocycles. The highest BCUT2D eigenvalue weighted by Gasteiger charge is 2.28. The first-order chi connectivity index (χ1) is 13.4. The lowest BCUT2D eigenvalue weighted by atomic mass is 9.99.